The SMILES string of the molecule is COCCOCCCNCC(C)c1ccccc1. The minimum absolute atomic E-state index is 0.556. The zero-order chi connectivity index (χ0) is 13.1. The number of rotatable bonds is 10. The molecule has 0 aromatic heterocycles. The molecule has 0 saturated heterocycles. The van der Waals surface area contributed by atoms with Crippen LogP contribution in [0, 0.1) is 0 Å². The first-order chi connectivity index (χ1) is 8.84. The van der Waals surface area contributed by atoms with Crippen LogP contribution in [0.25, 0.3) is 0 Å². The van der Waals surface area contributed by atoms with E-state index in [1.54, 1.807) is 7.11 Å². The predicted molar refractivity (Wildman–Crippen MR) is 75.0 cm³/mol. The Morgan fingerprint density at radius 3 is 2.61 bits per heavy atom. The molecule has 0 radical (unpaired) electrons. The maximum atomic E-state index is 5.40. The zero-order valence-electron chi connectivity index (χ0n) is 11.5. The summed E-state index contributed by atoms with van der Waals surface area (Å²) in [6, 6.07) is 10.6. The highest BCUT2D eigenvalue weighted by Gasteiger charge is 2.03. The summed E-state index contributed by atoms with van der Waals surface area (Å²) < 4.78 is 10.3. The number of methoxy groups -OCH3 is 1. The summed E-state index contributed by atoms with van der Waals surface area (Å²) in [4.78, 5) is 0. The van der Waals surface area contributed by atoms with Crippen LogP contribution < -0.4 is 5.32 Å². The Hall–Kier alpha value is -0.900. The first-order valence-electron chi connectivity index (χ1n) is 6.67. The topological polar surface area (TPSA) is 30.5 Å². The fraction of sp³-hybridized carbons (Fsp3) is 0.600. The summed E-state index contributed by atoms with van der Waals surface area (Å²) in [5, 5.41) is 3.46. The van der Waals surface area contributed by atoms with Crippen molar-refractivity contribution in [3.8, 4) is 0 Å². The average molecular weight is 251 g/mol. The number of hydrogen-bond donors (Lipinski definition) is 1. The molecule has 0 aliphatic carbocycles. The molecule has 0 saturated carbocycles. The van der Waals surface area contributed by atoms with Crippen molar-refractivity contribution in [1.29, 1.82) is 0 Å². The van der Waals surface area contributed by atoms with Crippen molar-refractivity contribution in [1.82, 2.24) is 5.32 Å². The lowest BCUT2D eigenvalue weighted by Gasteiger charge is -2.13. The summed E-state index contributed by atoms with van der Waals surface area (Å²) in [6.45, 7) is 6.44. The van der Waals surface area contributed by atoms with Crippen LogP contribution in [0.15, 0.2) is 30.3 Å². The molecule has 0 fully saturated rings. The smallest absolute Gasteiger partial charge is 0.0700 e. The van der Waals surface area contributed by atoms with Gasteiger partial charge in [-0.25, -0.2) is 0 Å². The molecule has 1 rings (SSSR count). The van der Waals surface area contributed by atoms with Gasteiger partial charge >= 0.3 is 0 Å². The van der Waals surface area contributed by atoms with Gasteiger partial charge in [-0.2, -0.15) is 0 Å². The maximum absolute atomic E-state index is 5.40. The Balaban J connectivity index is 1.98. The molecule has 1 N–H and O–H groups in total. The zero-order valence-corrected chi connectivity index (χ0v) is 11.5. The van der Waals surface area contributed by atoms with Gasteiger partial charge in [-0.05, 0) is 24.4 Å². The molecule has 0 bridgehead atoms. The molecular formula is C15H25NO2. The highest BCUT2D eigenvalue weighted by Crippen LogP contribution is 2.12. The molecule has 18 heavy (non-hydrogen) atoms. The second-order valence-electron chi connectivity index (χ2n) is 4.47. The van der Waals surface area contributed by atoms with Crippen molar-refractivity contribution in [2.45, 2.75) is 19.3 Å². The van der Waals surface area contributed by atoms with Crippen LogP contribution in [0.5, 0.6) is 0 Å². The van der Waals surface area contributed by atoms with Gasteiger partial charge in [0.2, 0.25) is 0 Å². The molecule has 1 aromatic carbocycles. The van der Waals surface area contributed by atoms with Crippen LogP contribution in [0.2, 0.25) is 0 Å². The second kappa shape index (κ2) is 10.1. The highest BCUT2D eigenvalue weighted by molar-refractivity contribution is 5.18. The normalized spacial score (nSPS) is 12.6. The molecular weight excluding hydrogens is 226 g/mol. The lowest BCUT2D eigenvalue weighted by atomic mass is 10.0. The van der Waals surface area contributed by atoms with E-state index in [4.69, 9.17) is 9.47 Å². The average Bonchev–Trinajstić information content (AvgIpc) is 2.42. The monoisotopic (exact) mass is 251 g/mol. The summed E-state index contributed by atoms with van der Waals surface area (Å²) in [5.74, 6) is 0.556. The van der Waals surface area contributed by atoms with E-state index in [1.807, 2.05) is 0 Å². The van der Waals surface area contributed by atoms with E-state index in [0.29, 0.717) is 19.1 Å². The minimum atomic E-state index is 0.556. The van der Waals surface area contributed by atoms with Crippen LogP contribution in [0.1, 0.15) is 24.8 Å². The van der Waals surface area contributed by atoms with Crippen molar-refractivity contribution in [2.75, 3.05) is 40.0 Å². The van der Waals surface area contributed by atoms with Gasteiger partial charge in [0.05, 0.1) is 13.2 Å². The number of benzene rings is 1. The third-order valence-corrected chi connectivity index (χ3v) is 2.89. The minimum Gasteiger partial charge on any atom is -0.382 e. The van der Waals surface area contributed by atoms with Crippen molar-refractivity contribution in [3.63, 3.8) is 0 Å². The van der Waals surface area contributed by atoms with Crippen molar-refractivity contribution in [3.05, 3.63) is 35.9 Å². The summed E-state index contributed by atoms with van der Waals surface area (Å²) in [6.07, 6.45) is 1.05. The van der Waals surface area contributed by atoms with Gasteiger partial charge in [0, 0.05) is 20.3 Å². The Morgan fingerprint density at radius 1 is 1.11 bits per heavy atom. The van der Waals surface area contributed by atoms with E-state index in [-0.39, 0.29) is 0 Å². The van der Waals surface area contributed by atoms with E-state index in [9.17, 15) is 0 Å². The fourth-order valence-electron chi connectivity index (χ4n) is 1.76. The van der Waals surface area contributed by atoms with E-state index in [0.717, 1.165) is 26.1 Å². The van der Waals surface area contributed by atoms with Crippen LogP contribution >= 0.6 is 0 Å². The van der Waals surface area contributed by atoms with E-state index in [2.05, 4.69) is 42.6 Å². The van der Waals surface area contributed by atoms with Crippen molar-refractivity contribution < 1.29 is 9.47 Å². The van der Waals surface area contributed by atoms with Gasteiger partial charge in [-0.1, -0.05) is 37.3 Å². The lowest BCUT2D eigenvalue weighted by Crippen LogP contribution is -2.22. The van der Waals surface area contributed by atoms with E-state index < -0.39 is 0 Å². The quantitative estimate of drug-likeness (QED) is 0.648. The Kier molecular flexibility index (Phi) is 8.47. The van der Waals surface area contributed by atoms with Gasteiger partial charge in [0.1, 0.15) is 0 Å². The second-order valence-corrected chi connectivity index (χ2v) is 4.47. The Morgan fingerprint density at radius 2 is 1.89 bits per heavy atom. The van der Waals surface area contributed by atoms with Gasteiger partial charge in [0.25, 0.3) is 0 Å². The van der Waals surface area contributed by atoms with Crippen LogP contribution in [0.3, 0.4) is 0 Å². The molecule has 0 amide bonds. The summed E-state index contributed by atoms with van der Waals surface area (Å²) >= 11 is 0. The molecule has 1 atom stereocenters. The number of hydrogen-bond acceptors (Lipinski definition) is 3. The van der Waals surface area contributed by atoms with Crippen LogP contribution in [0.4, 0.5) is 0 Å². The molecule has 3 heteroatoms. The highest BCUT2D eigenvalue weighted by atomic mass is 16.5. The third-order valence-electron chi connectivity index (χ3n) is 2.89. The fourth-order valence-corrected chi connectivity index (χ4v) is 1.76. The van der Waals surface area contributed by atoms with E-state index in [1.165, 1.54) is 5.56 Å². The van der Waals surface area contributed by atoms with Crippen LogP contribution in [-0.4, -0.2) is 40.0 Å². The Labute approximate surface area is 110 Å². The molecule has 0 heterocycles. The van der Waals surface area contributed by atoms with Gasteiger partial charge < -0.3 is 14.8 Å². The molecule has 102 valence electrons. The summed E-state index contributed by atoms with van der Waals surface area (Å²) in [7, 11) is 1.69. The van der Waals surface area contributed by atoms with E-state index >= 15 is 0 Å². The molecule has 0 aliphatic heterocycles. The molecule has 0 spiro atoms. The predicted octanol–water partition coefficient (Wildman–Crippen LogP) is 2.43. The molecule has 1 aromatic rings. The Bertz CT molecular complexity index is 290. The first-order valence-corrected chi connectivity index (χ1v) is 6.67. The standard InChI is InChI=1S/C15H25NO2/c1-14(15-7-4-3-5-8-15)13-16-9-6-10-18-12-11-17-2/h3-5,7-8,14,16H,6,9-13H2,1-2H3. The van der Waals surface area contributed by atoms with Crippen LogP contribution in [-0.2, 0) is 9.47 Å². The summed E-state index contributed by atoms with van der Waals surface area (Å²) in [5.41, 5.74) is 1.39. The number of nitrogens with one attached hydrogen (secondary N) is 1. The van der Waals surface area contributed by atoms with Gasteiger partial charge in [0.15, 0.2) is 0 Å². The molecule has 3 nitrogen and oxygen atoms in total. The maximum Gasteiger partial charge on any atom is 0.0700 e. The molecule has 1 unspecified atom stereocenters. The van der Waals surface area contributed by atoms with Crippen molar-refractivity contribution in [2.24, 2.45) is 0 Å². The first kappa shape index (κ1) is 15.2. The van der Waals surface area contributed by atoms with Crippen molar-refractivity contribution >= 4 is 0 Å². The van der Waals surface area contributed by atoms with Gasteiger partial charge in [-0.15, -0.1) is 0 Å². The largest absolute Gasteiger partial charge is 0.382 e. The van der Waals surface area contributed by atoms with Gasteiger partial charge in [-0.3, -0.25) is 0 Å². The lowest BCUT2D eigenvalue weighted by molar-refractivity contribution is 0.0695. The molecule has 0 aliphatic rings. The number of ether oxygens (including phenoxy) is 2. The third kappa shape index (κ3) is 6.74.